The number of carbonyl (C=O) groups excluding carboxylic acids is 2. The molecule has 0 unspecified atom stereocenters. The Labute approximate surface area is 191 Å². The van der Waals surface area contributed by atoms with Gasteiger partial charge in [0.05, 0.1) is 19.1 Å². The third kappa shape index (κ3) is 5.28. The third-order valence-electron chi connectivity index (χ3n) is 3.99. The highest BCUT2D eigenvalue weighted by molar-refractivity contribution is 14.1. The number of carbonyl (C=O) groups is 2. The second-order valence-electron chi connectivity index (χ2n) is 5.94. The zero-order chi connectivity index (χ0) is 21.0. The molecule has 3 rings (SSSR count). The molecule has 1 fully saturated rings. The summed E-state index contributed by atoms with van der Waals surface area (Å²) in [5, 5.41) is 2.79. The fraction of sp³-hybridized carbons (Fsp3) is 0.150. The first-order valence-corrected chi connectivity index (χ1v) is 10.7. The molecule has 0 saturated carbocycles. The minimum absolute atomic E-state index is 0.139. The van der Waals surface area contributed by atoms with Crippen molar-refractivity contribution >= 4 is 74.5 Å². The minimum Gasteiger partial charge on any atom is -0.493 e. The first-order valence-electron chi connectivity index (χ1n) is 8.44. The Bertz CT molecular complexity index is 1010. The van der Waals surface area contributed by atoms with Crippen molar-refractivity contribution in [3.8, 4) is 11.5 Å². The number of anilines is 1. The van der Waals surface area contributed by atoms with Crippen molar-refractivity contribution < 1.29 is 19.1 Å². The van der Waals surface area contributed by atoms with E-state index in [0.29, 0.717) is 26.4 Å². The lowest BCUT2D eigenvalue weighted by Gasteiger charge is -2.14. The Kier molecular flexibility index (Phi) is 7.14. The molecular formula is C20H17IN2O4S2. The largest absolute Gasteiger partial charge is 0.493 e. The summed E-state index contributed by atoms with van der Waals surface area (Å²) in [6.07, 6.45) is 1.72. The molecule has 1 saturated heterocycles. The van der Waals surface area contributed by atoms with Crippen LogP contribution in [0.15, 0.2) is 47.4 Å². The third-order valence-corrected chi connectivity index (χ3v) is 6.04. The van der Waals surface area contributed by atoms with Crippen molar-refractivity contribution in [2.24, 2.45) is 0 Å². The normalized spacial score (nSPS) is 15.0. The molecule has 1 aliphatic heterocycles. The maximum atomic E-state index is 12.8. The highest BCUT2D eigenvalue weighted by atomic mass is 127. The maximum Gasteiger partial charge on any atom is 0.266 e. The molecule has 1 N–H and O–H groups in total. The number of thiocarbonyl (C=S) groups is 1. The highest BCUT2D eigenvalue weighted by Crippen LogP contribution is 2.34. The summed E-state index contributed by atoms with van der Waals surface area (Å²) in [6, 6.07) is 12.8. The zero-order valence-electron chi connectivity index (χ0n) is 15.6. The lowest BCUT2D eigenvalue weighted by molar-refractivity contribution is -0.126. The summed E-state index contributed by atoms with van der Waals surface area (Å²) >= 11 is 8.64. The molecule has 150 valence electrons. The number of halogens is 1. The predicted octanol–water partition coefficient (Wildman–Crippen LogP) is 4.15. The van der Waals surface area contributed by atoms with E-state index in [1.165, 1.54) is 16.7 Å². The molecule has 0 aromatic heterocycles. The topological polar surface area (TPSA) is 67.9 Å². The predicted molar refractivity (Wildman–Crippen MR) is 127 cm³/mol. The summed E-state index contributed by atoms with van der Waals surface area (Å²) in [7, 11) is 3.11. The van der Waals surface area contributed by atoms with Crippen LogP contribution in [0.25, 0.3) is 6.08 Å². The Morgan fingerprint density at radius 3 is 2.66 bits per heavy atom. The number of nitrogens with zero attached hydrogens (tertiary/aromatic N) is 1. The summed E-state index contributed by atoms with van der Waals surface area (Å²) in [5.41, 5.74) is 1.44. The average molecular weight is 540 g/mol. The number of rotatable bonds is 6. The van der Waals surface area contributed by atoms with Gasteiger partial charge in [0, 0.05) is 9.26 Å². The number of thioether (sulfide) groups is 1. The van der Waals surface area contributed by atoms with Gasteiger partial charge in [-0.1, -0.05) is 36.1 Å². The van der Waals surface area contributed by atoms with Crippen LogP contribution in [0.3, 0.4) is 0 Å². The van der Waals surface area contributed by atoms with Gasteiger partial charge < -0.3 is 14.8 Å². The fourth-order valence-electron chi connectivity index (χ4n) is 2.64. The standard InChI is InChI=1S/C20H17IN2O4S2/c1-26-15-7-6-12(8-16(15)27-2)9-17-19(25)23(20(28)29-17)11-18(24)22-14-5-3-4-13(21)10-14/h3-10H,11H2,1-2H3,(H,22,24)/b17-9-. The number of hydrogen-bond acceptors (Lipinski definition) is 6. The van der Waals surface area contributed by atoms with E-state index >= 15 is 0 Å². The number of amides is 2. The second-order valence-corrected chi connectivity index (χ2v) is 8.86. The van der Waals surface area contributed by atoms with E-state index in [0.717, 1.165) is 9.13 Å². The van der Waals surface area contributed by atoms with Crippen LogP contribution in [0, 0.1) is 3.57 Å². The number of benzene rings is 2. The SMILES string of the molecule is COc1ccc(/C=C2\SC(=S)N(CC(=O)Nc3cccc(I)c3)C2=O)cc1OC. The summed E-state index contributed by atoms with van der Waals surface area (Å²) in [5.74, 6) is 0.557. The summed E-state index contributed by atoms with van der Waals surface area (Å²) in [6.45, 7) is -0.139. The van der Waals surface area contributed by atoms with Crippen LogP contribution in [0.4, 0.5) is 5.69 Å². The number of methoxy groups -OCH3 is 2. The molecule has 0 atom stereocenters. The molecule has 9 heteroatoms. The lowest BCUT2D eigenvalue weighted by Crippen LogP contribution is -2.36. The van der Waals surface area contributed by atoms with Gasteiger partial charge in [-0.3, -0.25) is 14.5 Å². The monoisotopic (exact) mass is 540 g/mol. The molecular weight excluding hydrogens is 523 g/mol. The van der Waals surface area contributed by atoms with Gasteiger partial charge in [0.25, 0.3) is 5.91 Å². The van der Waals surface area contributed by atoms with Gasteiger partial charge in [-0.2, -0.15) is 0 Å². The Balaban J connectivity index is 1.72. The van der Waals surface area contributed by atoms with Crippen molar-refractivity contribution in [1.29, 1.82) is 0 Å². The van der Waals surface area contributed by atoms with Gasteiger partial charge in [-0.15, -0.1) is 0 Å². The first-order chi connectivity index (χ1) is 13.9. The van der Waals surface area contributed by atoms with E-state index in [4.69, 9.17) is 21.7 Å². The van der Waals surface area contributed by atoms with Crippen molar-refractivity contribution in [2.75, 3.05) is 26.1 Å². The van der Waals surface area contributed by atoms with Gasteiger partial charge >= 0.3 is 0 Å². The van der Waals surface area contributed by atoms with Crippen LogP contribution < -0.4 is 14.8 Å². The lowest BCUT2D eigenvalue weighted by atomic mass is 10.2. The van der Waals surface area contributed by atoms with Crippen LogP contribution in [0.1, 0.15) is 5.56 Å². The van der Waals surface area contributed by atoms with Crippen molar-refractivity contribution in [3.05, 3.63) is 56.5 Å². The number of ether oxygens (including phenoxy) is 2. The molecule has 0 spiro atoms. The van der Waals surface area contributed by atoms with Gasteiger partial charge in [-0.25, -0.2) is 0 Å². The molecule has 2 amide bonds. The molecule has 6 nitrogen and oxygen atoms in total. The van der Waals surface area contributed by atoms with Gasteiger partial charge in [0.2, 0.25) is 5.91 Å². The van der Waals surface area contributed by atoms with Gasteiger partial charge in [0.15, 0.2) is 11.5 Å². The molecule has 2 aromatic rings. The van der Waals surface area contributed by atoms with Gasteiger partial charge in [-0.05, 0) is 64.6 Å². The molecule has 2 aromatic carbocycles. The molecule has 0 radical (unpaired) electrons. The van der Waals surface area contributed by atoms with Crippen LogP contribution >= 0.6 is 46.6 Å². The van der Waals surface area contributed by atoms with E-state index < -0.39 is 0 Å². The van der Waals surface area contributed by atoms with Crippen molar-refractivity contribution in [1.82, 2.24) is 4.90 Å². The Morgan fingerprint density at radius 2 is 1.97 bits per heavy atom. The van der Waals surface area contributed by atoms with Crippen LogP contribution in [0.5, 0.6) is 11.5 Å². The molecule has 0 bridgehead atoms. The molecule has 29 heavy (non-hydrogen) atoms. The molecule has 0 aliphatic carbocycles. The Morgan fingerprint density at radius 1 is 1.21 bits per heavy atom. The van der Waals surface area contributed by atoms with E-state index in [-0.39, 0.29) is 18.4 Å². The van der Waals surface area contributed by atoms with Crippen molar-refractivity contribution in [2.45, 2.75) is 0 Å². The van der Waals surface area contributed by atoms with E-state index in [9.17, 15) is 9.59 Å². The van der Waals surface area contributed by atoms with E-state index in [1.807, 2.05) is 24.3 Å². The summed E-state index contributed by atoms with van der Waals surface area (Å²) < 4.78 is 11.9. The van der Waals surface area contributed by atoms with Crippen LogP contribution in [-0.4, -0.2) is 41.8 Å². The molecule has 1 heterocycles. The van der Waals surface area contributed by atoms with Crippen LogP contribution in [0.2, 0.25) is 0 Å². The maximum absolute atomic E-state index is 12.8. The van der Waals surface area contributed by atoms with Gasteiger partial charge in [0.1, 0.15) is 10.9 Å². The second kappa shape index (κ2) is 9.59. The zero-order valence-corrected chi connectivity index (χ0v) is 19.4. The van der Waals surface area contributed by atoms with E-state index in [2.05, 4.69) is 27.9 Å². The quantitative estimate of drug-likeness (QED) is 0.338. The van der Waals surface area contributed by atoms with E-state index in [1.54, 1.807) is 38.5 Å². The molecule has 1 aliphatic rings. The number of nitrogens with one attached hydrogen (secondary N) is 1. The first kappa shape index (κ1) is 21.6. The average Bonchev–Trinajstić information content (AvgIpc) is 2.95. The van der Waals surface area contributed by atoms with Crippen molar-refractivity contribution in [3.63, 3.8) is 0 Å². The fourth-order valence-corrected chi connectivity index (χ4v) is 4.44. The van der Waals surface area contributed by atoms with Crippen LogP contribution in [-0.2, 0) is 9.59 Å². The minimum atomic E-state index is -0.310. The Hall–Kier alpha value is -2.11. The smallest absolute Gasteiger partial charge is 0.266 e. The summed E-state index contributed by atoms with van der Waals surface area (Å²) in [4.78, 5) is 26.9. The highest BCUT2D eigenvalue weighted by Gasteiger charge is 2.33. The number of hydrogen-bond donors (Lipinski definition) is 1.